The van der Waals surface area contributed by atoms with Gasteiger partial charge in [-0.1, -0.05) is 97.1 Å². The van der Waals surface area contributed by atoms with Gasteiger partial charge in [-0.05, 0) is 34.4 Å². The van der Waals surface area contributed by atoms with Crippen LogP contribution in [0.4, 0.5) is 0 Å². The van der Waals surface area contributed by atoms with Crippen molar-refractivity contribution in [2.45, 2.75) is 6.42 Å². The molecule has 1 heteroatoms. The highest BCUT2D eigenvalue weighted by Crippen LogP contribution is 2.37. The van der Waals surface area contributed by atoms with Crippen molar-refractivity contribution in [3.05, 3.63) is 121 Å². The second-order valence-electron chi connectivity index (χ2n) is 6.92. The van der Waals surface area contributed by atoms with E-state index < -0.39 is 0 Å². The maximum Gasteiger partial charge on any atom is 0.134 e. The topological polar surface area (TPSA) is 13.1 Å². The summed E-state index contributed by atoms with van der Waals surface area (Å²) >= 11 is 0. The lowest BCUT2D eigenvalue weighted by atomic mass is 9.96. The molecule has 1 nitrogen and oxygen atoms in total. The SMILES string of the molecule is [c]1ccc(-c2ccc(-c3c(Cc4ccccc4)oc4ccccc34)cc2)cc1. The monoisotopic (exact) mass is 359 g/mol. The summed E-state index contributed by atoms with van der Waals surface area (Å²) in [6.45, 7) is 0. The summed E-state index contributed by atoms with van der Waals surface area (Å²) < 4.78 is 6.27. The van der Waals surface area contributed by atoms with Crippen LogP contribution in [0.25, 0.3) is 33.2 Å². The van der Waals surface area contributed by atoms with Crippen molar-refractivity contribution >= 4 is 11.0 Å². The molecule has 0 aliphatic rings. The van der Waals surface area contributed by atoms with Crippen LogP contribution in [0.3, 0.4) is 0 Å². The van der Waals surface area contributed by atoms with Crippen molar-refractivity contribution in [1.29, 1.82) is 0 Å². The minimum absolute atomic E-state index is 0.779. The molecule has 5 aromatic rings. The van der Waals surface area contributed by atoms with Crippen LogP contribution in [0.1, 0.15) is 11.3 Å². The van der Waals surface area contributed by atoms with Crippen LogP contribution in [-0.4, -0.2) is 0 Å². The van der Waals surface area contributed by atoms with Gasteiger partial charge in [0.25, 0.3) is 0 Å². The van der Waals surface area contributed by atoms with Crippen molar-refractivity contribution in [2.24, 2.45) is 0 Å². The number of fused-ring (bicyclic) bond motifs is 1. The van der Waals surface area contributed by atoms with Gasteiger partial charge in [0.2, 0.25) is 0 Å². The standard InChI is InChI=1S/C27H19O/c1-3-9-20(10-4-1)19-26-27(24-13-7-8-14-25(24)28-26)23-17-15-22(16-18-23)21-11-5-2-6-12-21/h1,3-18H,19H2. The van der Waals surface area contributed by atoms with E-state index in [4.69, 9.17) is 4.42 Å². The van der Waals surface area contributed by atoms with Crippen molar-refractivity contribution < 1.29 is 4.42 Å². The van der Waals surface area contributed by atoms with E-state index >= 15 is 0 Å². The Morgan fingerprint density at radius 2 is 1.25 bits per heavy atom. The quantitative estimate of drug-likeness (QED) is 0.332. The van der Waals surface area contributed by atoms with Gasteiger partial charge < -0.3 is 4.42 Å². The minimum atomic E-state index is 0.779. The van der Waals surface area contributed by atoms with Gasteiger partial charge in [0.05, 0.1) is 0 Å². The third-order valence-corrected chi connectivity index (χ3v) is 5.10. The average Bonchev–Trinajstić information content (AvgIpc) is 3.13. The van der Waals surface area contributed by atoms with E-state index in [0.717, 1.165) is 23.2 Å². The molecule has 0 N–H and O–H groups in total. The fourth-order valence-electron chi connectivity index (χ4n) is 3.73. The molecular formula is C27H19O. The summed E-state index contributed by atoms with van der Waals surface area (Å²) in [5.41, 5.74) is 6.96. The molecule has 0 saturated heterocycles. The molecule has 0 spiro atoms. The molecule has 0 fully saturated rings. The second kappa shape index (κ2) is 7.21. The fraction of sp³-hybridized carbons (Fsp3) is 0.0370. The maximum atomic E-state index is 6.27. The summed E-state index contributed by atoms with van der Waals surface area (Å²) in [5.74, 6) is 1.01. The van der Waals surface area contributed by atoms with E-state index in [0.29, 0.717) is 0 Å². The number of hydrogen-bond donors (Lipinski definition) is 0. The molecule has 0 amide bonds. The van der Waals surface area contributed by atoms with Crippen LogP contribution in [0.5, 0.6) is 0 Å². The van der Waals surface area contributed by atoms with Crippen LogP contribution in [0.15, 0.2) is 108 Å². The maximum absolute atomic E-state index is 6.27. The smallest absolute Gasteiger partial charge is 0.134 e. The molecule has 0 unspecified atom stereocenters. The van der Waals surface area contributed by atoms with Crippen molar-refractivity contribution in [3.63, 3.8) is 0 Å². The third kappa shape index (κ3) is 3.12. The Morgan fingerprint density at radius 1 is 0.607 bits per heavy atom. The van der Waals surface area contributed by atoms with Crippen molar-refractivity contribution in [3.8, 4) is 22.3 Å². The third-order valence-electron chi connectivity index (χ3n) is 5.10. The van der Waals surface area contributed by atoms with E-state index in [9.17, 15) is 0 Å². The number of furan rings is 1. The summed E-state index contributed by atoms with van der Waals surface area (Å²) in [6, 6.07) is 38.7. The molecule has 133 valence electrons. The predicted molar refractivity (Wildman–Crippen MR) is 115 cm³/mol. The summed E-state index contributed by atoms with van der Waals surface area (Å²) in [4.78, 5) is 0. The summed E-state index contributed by atoms with van der Waals surface area (Å²) in [6.07, 6.45) is 0.779. The molecule has 5 rings (SSSR count). The van der Waals surface area contributed by atoms with Crippen LogP contribution < -0.4 is 0 Å². The first-order valence-electron chi connectivity index (χ1n) is 9.50. The van der Waals surface area contributed by atoms with E-state index in [-0.39, 0.29) is 0 Å². The zero-order chi connectivity index (χ0) is 18.8. The molecule has 0 aliphatic carbocycles. The van der Waals surface area contributed by atoms with Crippen LogP contribution >= 0.6 is 0 Å². The first-order valence-corrected chi connectivity index (χ1v) is 9.50. The van der Waals surface area contributed by atoms with Gasteiger partial charge in [0.15, 0.2) is 0 Å². The Hall–Kier alpha value is -3.58. The lowest BCUT2D eigenvalue weighted by molar-refractivity contribution is 0.564. The predicted octanol–water partition coefficient (Wildman–Crippen LogP) is 7.16. The Morgan fingerprint density at radius 3 is 2.04 bits per heavy atom. The van der Waals surface area contributed by atoms with Crippen LogP contribution in [-0.2, 0) is 6.42 Å². The Bertz CT molecular complexity index is 1200. The van der Waals surface area contributed by atoms with Gasteiger partial charge in [-0.25, -0.2) is 0 Å². The molecule has 4 aromatic carbocycles. The summed E-state index contributed by atoms with van der Waals surface area (Å²) in [7, 11) is 0. The van der Waals surface area contributed by atoms with Crippen LogP contribution in [0.2, 0.25) is 0 Å². The van der Waals surface area contributed by atoms with Gasteiger partial charge in [-0.3, -0.25) is 0 Å². The molecular weight excluding hydrogens is 340 g/mol. The largest absolute Gasteiger partial charge is 0.460 e. The van der Waals surface area contributed by atoms with E-state index in [1.807, 2.05) is 30.3 Å². The van der Waals surface area contributed by atoms with Crippen LogP contribution in [0, 0.1) is 6.07 Å². The first kappa shape index (κ1) is 16.6. The molecule has 1 heterocycles. The highest BCUT2D eigenvalue weighted by Gasteiger charge is 2.16. The number of benzene rings is 4. The minimum Gasteiger partial charge on any atom is -0.460 e. The van der Waals surface area contributed by atoms with Gasteiger partial charge in [-0.15, -0.1) is 0 Å². The normalized spacial score (nSPS) is 11.0. The lowest BCUT2D eigenvalue weighted by Gasteiger charge is -2.07. The fourth-order valence-corrected chi connectivity index (χ4v) is 3.73. The highest BCUT2D eigenvalue weighted by atomic mass is 16.3. The number of hydrogen-bond acceptors (Lipinski definition) is 1. The average molecular weight is 359 g/mol. The van der Waals surface area contributed by atoms with Gasteiger partial charge in [-0.2, -0.15) is 0 Å². The van der Waals surface area contributed by atoms with Gasteiger partial charge in [0.1, 0.15) is 11.3 Å². The molecule has 1 radical (unpaired) electrons. The number of para-hydroxylation sites is 1. The Kier molecular flexibility index (Phi) is 4.27. The summed E-state index contributed by atoms with van der Waals surface area (Å²) in [5, 5.41) is 1.16. The zero-order valence-electron chi connectivity index (χ0n) is 15.4. The van der Waals surface area contributed by atoms with Crippen molar-refractivity contribution in [1.82, 2.24) is 0 Å². The van der Waals surface area contributed by atoms with Crippen molar-refractivity contribution in [2.75, 3.05) is 0 Å². The van der Waals surface area contributed by atoms with E-state index in [1.165, 1.54) is 27.8 Å². The second-order valence-corrected chi connectivity index (χ2v) is 6.92. The highest BCUT2D eigenvalue weighted by molar-refractivity contribution is 5.96. The Balaban J connectivity index is 1.60. The zero-order valence-corrected chi connectivity index (χ0v) is 15.4. The first-order chi connectivity index (χ1) is 13.9. The molecule has 28 heavy (non-hydrogen) atoms. The lowest BCUT2D eigenvalue weighted by Crippen LogP contribution is -1.89. The Labute approximate surface area is 164 Å². The number of rotatable bonds is 4. The molecule has 0 aliphatic heterocycles. The molecule has 0 atom stereocenters. The van der Waals surface area contributed by atoms with E-state index in [2.05, 4.69) is 78.9 Å². The van der Waals surface area contributed by atoms with Gasteiger partial charge in [0, 0.05) is 17.4 Å². The van der Waals surface area contributed by atoms with Gasteiger partial charge >= 0.3 is 0 Å². The molecule has 1 aromatic heterocycles. The van der Waals surface area contributed by atoms with E-state index in [1.54, 1.807) is 0 Å². The molecule has 0 saturated carbocycles. The molecule has 0 bridgehead atoms.